The van der Waals surface area contributed by atoms with E-state index in [0.29, 0.717) is 23.0 Å². The summed E-state index contributed by atoms with van der Waals surface area (Å²) < 4.78 is 31.3. The van der Waals surface area contributed by atoms with Crippen LogP contribution in [0.3, 0.4) is 0 Å². The Morgan fingerprint density at radius 1 is 1.10 bits per heavy atom. The van der Waals surface area contributed by atoms with Gasteiger partial charge < -0.3 is 4.90 Å². The number of fused-ring (bicyclic) bond motifs is 2. The Balaban J connectivity index is 1.65. The molecule has 0 spiro atoms. The maximum atomic E-state index is 13.2. The first kappa shape index (κ1) is 20.3. The zero-order valence-corrected chi connectivity index (χ0v) is 17.7. The third-order valence-corrected chi connectivity index (χ3v) is 7.01. The summed E-state index contributed by atoms with van der Waals surface area (Å²) in [7, 11) is -4.14. The summed E-state index contributed by atoms with van der Waals surface area (Å²) in [6.07, 6.45) is 1.78. The maximum absolute atomic E-state index is 13.2. The summed E-state index contributed by atoms with van der Waals surface area (Å²) in [6.45, 7) is 4.43. The van der Waals surface area contributed by atoms with E-state index in [1.807, 2.05) is 6.92 Å². The average Bonchev–Trinajstić information content (AvgIpc) is 3.04. The quantitative estimate of drug-likeness (QED) is 0.674. The van der Waals surface area contributed by atoms with Crippen LogP contribution in [0.1, 0.15) is 28.8 Å². The van der Waals surface area contributed by atoms with Gasteiger partial charge in [-0.25, -0.2) is 0 Å². The SMILES string of the molecule is Cc1ccc(S(=O)(=O)ON(C(=O)c2ccc(Cl)cc2)C2CC3CCN(C3)C2)cc1. The van der Waals surface area contributed by atoms with Crippen molar-refractivity contribution in [3.05, 3.63) is 64.7 Å². The second kappa shape index (κ2) is 8.07. The van der Waals surface area contributed by atoms with Crippen molar-refractivity contribution in [2.45, 2.75) is 30.7 Å². The van der Waals surface area contributed by atoms with E-state index in [9.17, 15) is 13.2 Å². The molecule has 3 unspecified atom stereocenters. The van der Waals surface area contributed by atoms with Crippen LogP contribution in [0.5, 0.6) is 0 Å². The topological polar surface area (TPSA) is 66.9 Å². The average molecular weight is 435 g/mol. The Morgan fingerprint density at radius 3 is 2.45 bits per heavy atom. The van der Waals surface area contributed by atoms with Gasteiger partial charge in [-0.1, -0.05) is 29.3 Å². The molecule has 2 saturated heterocycles. The molecule has 2 aromatic carbocycles. The van der Waals surface area contributed by atoms with Crippen molar-refractivity contribution in [2.75, 3.05) is 19.6 Å². The van der Waals surface area contributed by atoms with Crippen LogP contribution in [0.2, 0.25) is 5.02 Å². The predicted octanol–water partition coefficient (Wildman–Crippen LogP) is 3.51. The number of rotatable bonds is 5. The van der Waals surface area contributed by atoms with E-state index in [1.165, 1.54) is 12.1 Å². The van der Waals surface area contributed by atoms with Crippen LogP contribution in [-0.4, -0.2) is 50.0 Å². The number of benzene rings is 2. The smallest absolute Gasteiger partial charge is 0.301 e. The van der Waals surface area contributed by atoms with Crippen LogP contribution in [0, 0.1) is 12.8 Å². The van der Waals surface area contributed by atoms with Gasteiger partial charge in [0.1, 0.15) is 0 Å². The van der Waals surface area contributed by atoms with Crippen LogP contribution in [0.25, 0.3) is 0 Å². The van der Waals surface area contributed by atoms with Crippen LogP contribution in [-0.2, 0) is 14.4 Å². The van der Waals surface area contributed by atoms with Crippen molar-refractivity contribution in [1.29, 1.82) is 0 Å². The van der Waals surface area contributed by atoms with Crippen molar-refractivity contribution in [3.63, 3.8) is 0 Å². The van der Waals surface area contributed by atoms with Gasteiger partial charge in [0, 0.05) is 23.7 Å². The minimum Gasteiger partial charge on any atom is -0.301 e. The second-order valence-corrected chi connectivity index (χ2v) is 9.75. The molecular formula is C21H23ClN2O4S. The molecule has 3 atom stereocenters. The largest absolute Gasteiger partial charge is 0.317 e. The molecule has 0 aliphatic carbocycles. The summed E-state index contributed by atoms with van der Waals surface area (Å²) in [5.74, 6) is -0.0372. The summed E-state index contributed by atoms with van der Waals surface area (Å²) in [4.78, 5) is 15.5. The number of nitrogens with zero attached hydrogens (tertiary/aromatic N) is 2. The van der Waals surface area contributed by atoms with Gasteiger partial charge in [-0.15, -0.1) is 4.28 Å². The van der Waals surface area contributed by atoms with E-state index >= 15 is 0 Å². The minimum absolute atomic E-state index is 0.0242. The van der Waals surface area contributed by atoms with E-state index in [2.05, 4.69) is 4.90 Å². The summed E-state index contributed by atoms with van der Waals surface area (Å²) in [5, 5.41) is 1.56. The number of carbonyl (C=O) groups excluding carboxylic acids is 1. The lowest BCUT2D eigenvalue weighted by Gasteiger charge is -2.36. The van der Waals surface area contributed by atoms with E-state index in [-0.39, 0.29) is 10.9 Å². The first-order valence-corrected chi connectivity index (χ1v) is 11.4. The van der Waals surface area contributed by atoms with E-state index in [1.54, 1.807) is 36.4 Å². The standard InChI is InChI=1S/C21H23ClN2O4S/c1-15-2-8-20(9-3-15)29(26,27)28-24(19-12-16-10-11-23(13-16)14-19)21(25)17-4-6-18(22)7-5-17/h2-9,16,19H,10-14H2,1H3. The number of halogens is 1. The zero-order chi connectivity index (χ0) is 20.6. The fraction of sp³-hybridized carbons (Fsp3) is 0.381. The molecule has 2 heterocycles. The normalized spacial score (nSPS) is 23.7. The maximum Gasteiger partial charge on any atom is 0.317 e. The summed E-state index contributed by atoms with van der Waals surface area (Å²) in [6, 6.07) is 12.4. The lowest BCUT2D eigenvalue weighted by atomic mass is 9.96. The third kappa shape index (κ3) is 4.48. The number of hydroxylamine groups is 2. The highest BCUT2D eigenvalue weighted by molar-refractivity contribution is 7.86. The molecule has 0 radical (unpaired) electrons. The van der Waals surface area contributed by atoms with E-state index in [0.717, 1.165) is 36.6 Å². The molecule has 0 saturated carbocycles. The molecule has 154 valence electrons. The minimum atomic E-state index is -4.14. The Hall–Kier alpha value is -1.93. The molecule has 2 aromatic rings. The van der Waals surface area contributed by atoms with Gasteiger partial charge in [-0.2, -0.15) is 13.5 Å². The molecule has 0 aromatic heterocycles. The molecule has 8 heteroatoms. The molecule has 2 fully saturated rings. The van der Waals surface area contributed by atoms with Gasteiger partial charge in [0.05, 0.1) is 10.9 Å². The van der Waals surface area contributed by atoms with Gasteiger partial charge in [-0.3, -0.25) is 4.79 Å². The summed E-state index contributed by atoms with van der Waals surface area (Å²) >= 11 is 5.93. The molecule has 6 nitrogen and oxygen atoms in total. The lowest BCUT2D eigenvalue weighted by Crippen LogP contribution is -2.50. The Kier molecular flexibility index (Phi) is 5.66. The van der Waals surface area contributed by atoms with Gasteiger partial charge in [0.2, 0.25) is 0 Å². The Morgan fingerprint density at radius 2 is 1.79 bits per heavy atom. The predicted molar refractivity (Wildman–Crippen MR) is 110 cm³/mol. The molecule has 1 amide bonds. The van der Waals surface area contributed by atoms with Crippen molar-refractivity contribution < 1.29 is 17.5 Å². The van der Waals surface area contributed by atoms with Gasteiger partial charge in [0.25, 0.3) is 5.91 Å². The molecule has 29 heavy (non-hydrogen) atoms. The first-order chi connectivity index (χ1) is 13.8. The fourth-order valence-electron chi connectivity index (χ4n) is 4.03. The molecule has 4 rings (SSSR count). The van der Waals surface area contributed by atoms with Gasteiger partial charge in [0.15, 0.2) is 0 Å². The van der Waals surface area contributed by atoms with Crippen LogP contribution >= 0.6 is 11.6 Å². The number of carbonyl (C=O) groups is 1. The molecule has 2 bridgehead atoms. The Labute approximate surface area is 176 Å². The lowest BCUT2D eigenvalue weighted by molar-refractivity contribution is -0.0742. The van der Waals surface area contributed by atoms with Crippen LogP contribution < -0.4 is 0 Å². The number of hydrogen-bond donors (Lipinski definition) is 0. The van der Waals surface area contributed by atoms with Crippen LogP contribution in [0.4, 0.5) is 0 Å². The molecule has 2 aliphatic heterocycles. The highest BCUT2D eigenvalue weighted by Crippen LogP contribution is 2.31. The molecular weight excluding hydrogens is 412 g/mol. The summed E-state index contributed by atoms with van der Waals surface area (Å²) in [5.41, 5.74) is 1.27. The van der Waals surface area contributed by atoms with Crippen molar-refractivity contribution in [3.8, 4) is 0 Å². The molecule has 0 N–H and O–H groups in total. The van der Waals surface area contributed by atoms with E-state index in [4.69, 9.17) is 15.9 Å². The molecule has 2 aliphatic rings. The van der Waals surface area contributed by atoms with Crippen molar-refractivity contribution >= 4 is 27.6 Å². The van der Waals surface area contributed by atoms with Crippen molar-refractivity contribution in [1.82, 2.24) is 9.96 Å². The number of hydrogen-bond acceptors (Lipinski definition) is 5. The first-order valence-electron chi connectivity index (χ1n) is 9.64. The second-order valence-electron chi connectivity index (χ2n) is 7.78. The van der Waals surface area contributed by atoms with Gasteiger partial charge in [-0.05, 0) is 68.6 Å². The number of aryl methyl sites for hydroxylation is 1. The highest BCUT2D eigenvalue weighted by atomic mass is 35.5. The third-order valence-electron chi connectivity index (χ3n) is 5.56. The van der Waals surface area contributed by atoms with Crippen LogP contribution in [0.15, 0.2) is 53.4 Å². The number of amides is 1. The monoisotopic (exact) mass is 434 g/mol. The fourth-order valence-corrected chi connectivity index (χ4v) is 5.11. The van der Waals surface area contributed by atoms with E-state index < -0.39 is 16.0 Å². The number of piperidine rings is 1. The van der Waals surface area contributed by atoms with Crippen molar-refractivity contribution in [2.24, 2.45) is 5.92 Å². The Bertz CT molecular complexity index is 980. The zero-order valence-electron chi connectivity index (χ0n) is 16.1. The highest BCUT2D eigenvalue weighted by Gasteiger charge is 2.40. The van der Waals surface area contributed by atoms with Gasteiger partial charge >= 0.3 is 10.1 Å².